The predicted octanol–water partition coefficient (Wildman–Crippen LogP) is 2.89. The maximum atomic E-state index is 12.3. The summed E-state index contributed by atoms with van der Waals surface area (Å²) in [5.74, 6) is 0.245. The van der Waals surface area contributed by atoms with Gasteiger partial charge in [0.25, 0.3) is 0 Å². The zero-order valence-corrected chi connectivity index (χ0v) is 18.0. The molecule has 0 spiro atoms. The summed E-state index contributed by atoms with van der Waals surface area (Å²) >= 11 is 0. The quantitative estimate of drug-likeness (QED) is 0.405. The third-order valence-electron chi connectivity index (χ3n) is 4.84. The van der Waals surface area contributed by atoms with E-state index in [1.165, 1.54) is 5.01 Å². The molecule has 2 rings (SSSR count). The van der Waals surface area contributed by atoms with Crippen LogP contribution in [0.3, 0.4) is 0 Å². The van der Waals surface area contributed by atoms with E-state index in [4.69, 9.17) is 14.2 Å². The van der Waals surface area contributed by atoms with E-state index in [-0.39, 0.29) is 12.0 Å². The Hall–Kier alpha value is -2.16. The Labute approximate surface area is 173 Å². The highest BCUT2D eigenvalue weighted by Gasteiger charge is 2.29. The van der Waals surface area contributed by atoms with Crippen molar-refractivity contribution in [2.24, 2.45) is 0 Å². The molecule has 0 aliphatic carbocycles. The summed E-state index contributed by atoms with van der Waals surface area (Å²) in [5, 5.41) is 1.46. The van der Waals surface area contributed by atoms with Gasteiger partial charge in [0.05, 0.1) is 12.2 Å². The number of hydrogen-bond acceptors (Lipinski definition) is 6. The van der Waals surface area contributed by atoms with Crippen molar-refractivity contribution in [1.29, 1.82) is 0 Å². The summed E-state index contributed by atoms with van der Waals surface area (Å²) in [6, 6.07) is 7.81. The fraction of sp³-hybridized carbons (Fsp3) is 0.619. The standard InChI is InChI=1S/C21H33N3O5/c1-21(2,3)29-20(26)23-12-10-16(11-13-23)17-8-6-7-9-18(17)24(15-25)22-14-19(27-4)28-5/h6-9,15-16,19,22H,10-14H2,1-5H3. The topological polar surface area (TPSA) is 80.3 Å². The molecule has 1 N–H and O–H groups in total. The van der Waals surface area contributed by atoms with Crippen molar-refractivity contribution in [2.75, 3.05) is 38.9 Å². The fourth-order valence-corrected chi connectivity index (χ4v) is 3.37. The largest absolute Gasteiger partial charge is 0.444 e. The van der Waals surface area contributed by atoms with Crippen LogP contribution >= 0.6 is 0 Å². The first kappa shape index (κ1) is 23.1. The molecular weight excluding hydrogens is 374 g/mol. The van der Waals surface area contributed by atoms with Gasteiger partial charge in [-0.05, 0) is 51.2 Å². The highest BCUT2D eigenvalue weighted by molar-refractivity contribution is 5.76. The van der Waals surface area contributed by atoms with Gasteiger partial charge in [0.1, 0.15) is 5.60 Å². The molecule has 8 nitrogen and oxygen atoms in total. The van der Waals surface area contributed by atoms with E-state index in [2.05, 4.69) is 5.43 Å². The number of ether oxygens (including phenoxy) is 3. The van der Waals surface area contributed by atoms with Gasteiger partial charge in [-0.3, -0.25) is 4.79 Å². The monoisotopic (exact) mass is 407 g/mol. The Kier molecular flexibility index (Phi) is 8.43. The van der Waals surface area contributed by atoms with Crippen LogP contribution in [0.2, 0.25) is 0 Å². The van der Waals surface area contributed by atoms with Crippen molar-refractivity contribution in [3.05, 3.63) is 29.8 Å². The predicted molar refractivity (Wildman–Crippen MR) is 111 cm³/mol. The molecule has 0 bridgehead atoms. The first-order valence-electron chi connectivity index (χ1n) is 9.89. The molecule has 2 amide bonds. The Morgan fingerprint density at radius 2 is 1.86 bits per heavy atom. The van der Waals surface area contributed by atoms with Crippen LogP contribution in [0.25, 0.3) is 0 Å². The SMILES string of the molecule is COC(CNN(C=O)c1ccccc1C1CCN(C(=O)OC(C)(C)C)CC1)OC. The molecular formula is C21H33N3O5. The van der Waals surface area contributed by atoms with Crippen molar-refractivity contribution in [3.8, 4) is 0 Å². The van der Waals surface area contributed by atoms with E-state index in [9.17, 15) is 9.59 Å². The molecule has 1 aliphatic heterocycles. The Morgan fingerprint density at radius 1 is 1.24 bits per heavy atom. The third-order valence-corrected chi connectivity index (χ3v) is 4.84. The molecule has 0 saturated carbocycles. The molecule has 162 valence electrons. The maximum absolute atomic E-state index is 12.3. The lowest BCUT2D eigenvalue weighted by Gasteiger charge is -2.35. The number of para-hydroxylation sites is 1. The van der Waals surface area contributed by atoms with E-state index in [0.29, 0.717) is 19.6 Å². The summed E-state index contributed by atoms with van der Waals surface area (Å²) < 4.78 is 15.8. The number of methoxy groups -OCH3 is 2. The zero-order chi connectivity index (χ0) is 21.4. The number of likely N-dealkylation sites (tertiary alicyclic amines) is 1. The van der Waals surface area contributed by atoms with Crippen LogP contribution in [0.5, 0.6) is 0 Å². The lowest BCUT2D eigenvalue weighted by molar-refractivity contribution is -0.110. The summed E-state index contributed by atoms with van der Waals surface area (Å²) in [5.41, 5.74) is 4.42. The fourth-order valence-electron chi connectivity index (χ4n) is 3.37. The summed E-state index contributed by atoms with van der Waals surface area (Å²) in [4.78, 5) is 25.8. The van der Waals surface area contributed by atoms with Crippen molar-refractivity contribution in [3.63, 3.8) is 0 Å². The number of hydrogen-bond donors (Lipinski definition) is 1. The molecule has 1 heterocycles. The van der Waals surface area contributed by atoms with E-state index in [1.54, 1.807) is 19.1 Å². The van der Waals surface area contributed by atoms with Crippen molar-refractivity contribution < 1.29 is 23.8 Å². The molecule has 0 atom stereocenters. The van der Waals surface area contributed by atoms with Gasteiger partial charge in [-0.15, -0.1) is 0 Å². The van der Waals surface area contributed by atoms with Crippen LogP contribution in [-0.2, 0) is 19.0 Å². The smallest absolute Gasteiger partial charge is 0.410 e. The average molecular weight is 408 g/mol. The Balaban J connectivity index is 2.05. The first-order chi connectivity index (χ1) is 13.8. The second-order valence-electron chi connectivity index (χ2n) is 8.04. The normalized spacial score (nSPS) is 15.4. The number of rotatable bonds is 8. The minimum absolute atomic E-state index is 0.245. The van der Waals surface area contributed by atoms with E-state index in [0.717, 1.165) is 30.5 Å². The zero-order valence-electron chi connectivity index (χ0n) is 18.0. The molecule has 0 radical (unpaired) electrons. The average Bonchev–Trinajstić information content (AvgIpc) is 2.70. The van der Waals surface area contributed by atoms with Crippen molar-refractivity contribution in [2.45, 2.75) is 51.4 Å². The number of carbonyl (C=O) groups excluding carboxylic acids is 2. The van der Waals surface area contributed by atoms with Crippen LogP contribution in [0.4, 0.5) is 10.5 Å². The van der Waals surface area contributed by atoms with Gasteiger partial charge in [0.2, 0.25) is 6.41 Å². The number of anilines is 1. The Morgan fingerprint density at radius 3 is 2.41 bits per heavy atom. The van der Waals surface area contributed by atoms with E-state index in [1.807, 2.05) is 45.0 Å². The summed E-state index contributed by atoms with van der Waals surface area (Å²) in [6.45, 7) is 7.18. The Bertz CT molecular complexity index is 665. The number of piperidine rings is 1. The lowest BCUT2D eigenvalue weighted by atomic mass is 9.88. The number of benzene rings is 1. The lowest BCUT2D eigenvalue weighted by Crippen LogP contribution is -2.44. The molecule has 0 unspecified atom stereocenters. The summed E-state index contributed by atoms with van der Waals surface area (Å²) in [6.07, 6.45) is 1.63. The number of amides is 2. The maximum Gasteiger partial charge on any atom is 0.410 e. The molecule has 1 aliphatic rings. The van der Waals surface area contributed by atoms with Gasteiger partial charge in [-0.25, -0.2) is 15.2 Å². The first-order valence-corrected chi connectivity index (χ1v) is 9.89. The van der Waals surface area contributed by atoms with Crippen LogP contribution in [0.1, 0.15) is 45.1 Å². The van der Waals surface area contributed by atoms with E-state index < -0.39 is 11.9 Å². The van der Waals surface area contributed by atoms with E-state index >= 15 is 0 Å². The second kappa shape index (κ2) is 10.6. The van der Waals surface area contributed by atoms with Crippen LogP contribution in [0, 0.1) is 0 Å². The highest BCUT2D eigenvalue weighted by atomic mass is 16.7. The van der Waals surface area contributed by atoms with Gasteiger partial charge in [-0.1, -0.05) is 18.2 Å². The van der Waals surface area contributed by atoms with Crippen LogP contribution < -0.4 is 10.4 Å². The van der Waals surface area contributed by atoms with Crippen molar-refractivity contribution in [1.82, 2.24) is 10.3 Å². The van der Waals surface area contributed by atoms with Crippen LogP contribution in [-0.4, -0.2) is 63.1 Å². The van der Waals surface area contributed by atoms with Gasteiger partial charge in [-0.2, -0.15) is 0 Å². The van der Waals surface area contributed by atoms with Gasteiger partial charge in [0, 0.05) is 27.3 Å². The number of hydrazine groups is 1. The number of nitrogens with one attached hydrogen (secondary N) is 1. The second-order valence-corrected chi connectivity index (χ2v) is 8.04. The molecule has 1 aromatic carbocycles. The molecule has 1 fully saturated rings. The molecule has 0 aromatic heterocycles. The highest BCUT2D eigenvalue weighted by Crippen LogP contribution is 2.34. The molecule has 1 aromatic rings. The van der Waals surface area contributed by atoms with Crippen molar-refractivity contribution >= 4 is 18.2 Å². The molecule has 8 heteroatoms. The number of carbonyl (C=O) groups is 2. The summed E-state index contributed by atoms with van der Waals surface area (Å²) in [7, 11) is 3.10. The minimum Gasteiger partial charge on any atom is -0.444 e. The molecule has 29 heavy (non-hydrogen) atoms. The third kappa shape index (κ3) is 6.69. The van der Waals surface area contributed by atoms with Gasteiger partial charge < -0.3 is 19.1 Å². The minimum atomic E-state index is -0.501. The van der Waals surface area contributed by atoms with Gasteiger partial charge in [0.15, 0.2) is 6.29 Å². The number of nitrogens with zero attached hydrogens (tertiary/aromatic N) is 2. The molecule has 1 saturated heterocycles. The van der Waals surface area contributed by atoms with Gasteiger partial charge >= 0.3 is 6.09 Å². The van der Waals surface area contributed by atoms with Crippen LogP contribution in [0.15, 0.2) is 24.3 Å².